The summed E-state index contributed by atoms with van der Waals surface area (Å²) in [5.74, 6) is -0.383. The highest BCUT2D eigenvalue weighted by molar-refractivity contribution is 8.13. The number of nitriles is 1. The highest BCUT2D eigenvalue weighted by Crippen LogP contribution is 2.31. The Labute approximate surface area is 100 Å². The quantitative estimate of drug-likeness (QED) is 0.790. The smallest absolute Gasteiger partial charge is 0.281 e. The number of ether oxygens (including phenoxy) is 1. The molecule has 5 nitrogen and oxygen atoms in total. The van der Waals surface area contributed by atoms with E-state index < -0.39 is 26.1 Å². The maximum absolute atomic E-state index is 12.6. The first kappa shape index (κ1) is 13.6. The summed E-state index contributed by atoms with van der Waals surface area (Å²) in [6.07, 6.45) is -3.15. The van der Waals surface area contributed by atoms with Crippen LogP contribution in [0.3, 0.4) is 0 Å². The number of nitrogens with zero attached hydrogens (tertiary/aromatic N) is 2. The third-order valence-electron chi connectivity index (χ3n) is 1.76. The lowest BCUT2D eigenvalue weighted by Crippen LogP contribution is -2.05. The number of aromatic nitrogens is 1. The normalized spacial score (nSPS) is 11.3. The Kier molecular flexibility index (Phi) is 3.85. The van der Waals surface area contributed by atoms with Gasteiger partial charge in [0.05, 0.1) is 7.11 Å². The predicted molar refractivity (Wildman–Crippen MR) is 53.5 cm³/mol. The van der Waals surface area contributed by atoms with Gasteiger partial charge in [-0.1, -0.05) is 0 Å². The summed E-state index contributed by atoms with van der Waals surface area (Å²) in [5, 5.41) is 8.67. The van der Waals surface area contributed by atoms with Crippen molar-refractivity contribution in [1.29, 1.82) is 5.26 Å². The lowest BCUT2D eigenvalue weighted by Gasteiger charge is -2.08. The number of halogens is 3. The zero-order valence-electron chi connectivity index (χ0n) is 8.32. The Balaban J connectivity index is 3.65. The molecule has 0 saturated carbocycles. The Morgan fingerprint density at radius 3 is 2.53 bits per heavy atom. The maximum atomic E-state index is 12.6. The van der Waals surface area contributed by atoms with Crippen LogP contribution in [0.1, 0.15) is 17.7 Å². The van der Waals surface area contributed by atoms with Gasteiger partial charge in [0.2, 0.25) is 5.88 Å². The molecular weight excluding hydrogens is 278 g/mol. The molecule has 0 aliphatic carbocycles. The number of alkyl halides is 2. The molecule has 0 N–H and O–H groups in total. The standard InChI is InChI=1S/C8H5ClF2N2O3S/c1-16-8-4(3-12)2-5(17(9,14)15)6(13-8)7(10)11/h2,7H,1H3. The molecule has 9 heteroatoms. The molecule has 17 heavy (non-hydrogen) atoms. The average molecular weight is 283 g/mol. The molecule has 1 aromatic rings. The second-order valence-electron chi connectivity index (χ2n) is 2.78. The molecule has 0 aromatic carbocycles. The van der Waals surface area contributed by atoms with Crippen molar-refractivity contribution < 1.29 is 21.9 Å². The van der Waals surface area contributed by atoms with E-state index in [2.05, 4.69) is 9.72 Å². The SMILES string of the molecule is COc1nc(C(F)F)c(S(=O)(=O)Cl)cc1C#N. The first-order valence-electron chi connectivity index (χ1n) is 4.03. The molecule has 1 rings (SSSR count). The van der Waals surface area contributed by atoms with Gasteiger partial charge in [-0.25, -0.2) is 22.2 Å². The van der Waals surface area contributed by atoms with E-state index in [4.69, 9.17) is 15.9 Å². The van der Waals surface area contributed by atoms with Crippen molar-refractivity contribution in [2.45, 2.75) is 11.3 Å². The third kappa shape index (κ3) is 2.81. The topological polar surface area (TPSA) is 80.0 Å². The van der Waals surface area contributed by atoms with Crippen LogP contribution in [-0.2, 0) is 9.05 Å². The van der Waals surface area contributed by atoms with Crippen LogP contribution in [0.15, 0.2) is 11.0 Å². The molecule has 0 aliphatic rings. The van der Waals surface area contributed by atoms with Gasteiger partial charge in [-0.15, -0.1) is 0 Å². The molecule has 0 fully saturated rings. The van der Waals surface area contributed by atoms with E-state index in [1.54, 1.807) is 6.07 Å². The lowest BCUT2D eigenvalue weighted by atomic mass is 10.2. The number of rotatable bonds is 3. The van der Waals surface area contributed by atoms with E-state index >= 15 is 0 Å². The fraction of sp³-hybridized carbons (Fsp3) is 0.250. The van der Waals surface area contributed by atoms with E-state index in [1.165, 1.54) is 0 Å². The molecule has 0 atom stereocenters. The Hall–Kier alpha value is -1.46. The van der Waals surface area contributed by atoms with E-state index in [0.717, 1.165) is 7.11 Å². The van der Waals surface area contributed by atoms with Crippen LogP contribution in [-0.4, -0.2) is 20.5 Å². The highest BCUT2D eigenvalue weighted by atomic mass is 35.7. The van der Waals surface area contributed by atoms with Gasteiger partial charge in [-0.2, -0.15) is 5.26 Å². The van der Waals surface area contributed by atoms with Crippen molar-refractivity contribution in [3.8, 4) is 11.9 Å². The van der Waals surface area contributed by atoms with Gasteiger partial charge in [0.25, 0.3) is 15.5 Å². The number of methoxy groups -OCH3 is 1. The van der Waals surface area contributed by atoms with Crippen LogP contribution in [0.2, 0.25) is 0 Å². The highest BCUT2D eigenvalue weighted by Gasteiger charge is 2.26. The number of hydrogen-bond donors (Lipinski definition) is 0. The van der Waals surface area contributed by atoms with Gasteiger partial charge < -0.3 is 4.74 Å². The van der Waals surface area contributed by atoms with Gasteiger partial charge in [0.15, 0.2) is 0 Å². The Morgan fingerprint density at radius 1 is 1.59 bits per heavy atom. The van der Waals surface area contributed by atoms with E-state index in [-0.39, 0.29) is 11.4 Å². The van der Waals surface area contributed by atoms with E-state index in [9.17, 15) is 17.2 Å². The van der Waals surface area contributed by atoms with E-state index in [1.807, 2.05) is 0 Å². The van der Waals surface area contributed by atoms with Gasteiger partial charge in [-0.3, -0.25) is 0 Å². The van der Waals surface area contributed by atoms with Crippen molar-refractivity contribution in [3.05, 3.63) is 17.3 Å². The molecule has 0 unspecified atom stereocenters. The summed E-state index contributed by atoms with van der Waals surface area (Å²) >= 11 is 0. The first-order valence-corrected chi connectivity index (χ1v) is 6.34. The molecule has 92 valence electrons. The minimum absolute atomic E-state index is 0.295. The summed E-state index contributed by atoms with van der Waals surface area (Å²) in [4.78, 5) is 2.37. The van der Waals surface area contributed by atoms with Crippen LogP contribution in [0, 0.1) is 11.3 Å². The van der Waals surface area contributed by atoms with Crippen molar-refractivity contribution in [3.63, 3.8) is 0 Å². The van der Waals surface area contributed by atoms with Crippen molar-refractivity contribution in [2.75, 3.05) is 7.11 Å². The molecule has 1 aromatic heterocycles. The summed E-state index contributed by atoms with van der Waals surface area (Å²) in [6.45, 7) is 0. The largest absolute Gasteiger partial charge is 0.480 e. The monoisotopic (exact) mass is 282 g/mol. The van der Waals surface area contributed by atoms with Gasteiger partial charge in [0.1, 0.15) is 22.2 Å². The summed E-state index contributed by atoms with van der Waals surface area (Å²) in [7, 11) is 1.69. The second kappa shape index (κ2) is 4.81. The number of pyridine rings is 1. The molecular formula is C8H5ClF2N2O3S. The van der Waals surface area contributed by atoms with Crippen LogP contribution in [0.4, 0.5) is 8.78 Å². The number of hydrogen-bond acceptors (Lipinski definition) is 5. The van der Waals surface area contributed by atoms with Gasteiger partial charge in [-0.05, 0) is 6.07 Å². The maximum Gasteiger partial charge on any atom is 0.281 e. The molecule has 0 amide bonds. The molecule has 0 aliphatic heterocycles. The van der Waals surface area contributed by atoms with Crippen LogP contribution >= 0.6 is 10.7 Å². The second-order valence-corrected chi connectivity index (χ2v) is 5.31. The molecule has 0 bridgehead atoms. The minimum Gasteiger partial charge on any atom is -0.480 e. The Morgan fingerprint density at radius 2 is 2.18 bits per heavy atom. The fourth-order valence-electron chi connectivity index (χ4n) is 1.08. The van der Waals surface area contributed by atoms with Crippen molar-refractivity contribution in [2.24, 2.45) is 0 Å². The van der Waals surface area contributed by atoms with E-state index in [0.29, 0.717) is 6.07 Å². The van der Waals surface area contributed by atoms with Crippen LogP contribution in [0.25, 0.3) is 0 Å². The predicted octanol–water partition coefficient (Wildman–Crippen LogP) is 1.83. The summed E-state index contributed by atoms with van der Waals surface area (Å²) in [5.41, 5.74) is -1.34. The van der Waals surface area contributed by atoms with Crippen molar-refractivity contribution in [1.82, 2.24) is 4.98 Å². The zero-order chi connectivity index (χ0) is 13.2. The zero-order valence-corrected chi connectivity index (χ0v) is 9.89. The molecule has 0 saturated heterocycles. The Bertz CT molecular complexity index is 583. The summed E-state index contributed by atoms with van der Waals surface area (Å²) < 4.78 is 51.9. The first-order chi connectivity index (χ1) is 7.81. The molecule has 1 heterocycles. The minimum atomic E-state index is -4.41. The lowest BCUT2D eigenvalue weighted by molar-refractivity contribution is 0.141. The fourth-order valence-corrected chi connectivity index (χ4v) is 2.09. The molecule has 0 spiro atoms. The van der Waals surface area contributed by atoms with Gasteiger partial charge >= 0.3 is 0 Å². The summed E-state index contributed by atoms with van der Waals surface area (Å²) in [6, 6.07) is 2.27. The average Bonchev–Trinajstić information content (AvgIpc) is 2.25. The van der Waals surface area contributed by atoms with Crippen LogP contribution < -0.4 is 4.74 Å². The third-order valence-corrected chi connectivity index (χ3v) is 3.11. The van der Waals surface area contributed by atoms with Gasteiger partial charge in [0, 0.05) is 10.7 Å². The molecule has 0 radical (unpaired) electrons. The van der Waals surface area contributed by atoms with Crippen LogP contribution in [0.5, 0.6) is 5.88 Å². The van der Waals surface area contributed by atoms with Crippen molar-refractivity contribution >= 4 is 19.7 Å².